The van der Waals surface area contributed by atoms with Gasteiger partial charge in [0.1, 0.15) is 22.1 Å². The van der Waals surface area contributed by atoms with Gasteiger partial charge in [0, 0.05) is 17.1 Å². The molecule has 7 aromatic carbocycles. The summed E-state index contributed by atoms with van der Waals surface area (Å²) in [5.41, 5.74) is 12.9. The number of nitrogens with zero attached hydrogens (tertiary/aromatic N) is 7. The van der Waals surface area contributed by atoms with Crippen LogP contribution in [0.2, 0.25) is 0 Å². The van der Waals surface area contributed by atoms with E-state index >= 15 is 0 Å². The van der Waals surface area contributed by atoms with Crippen molar-refractivity contribution in [2.45, 2.75) is 0 Å². The molecule has 9 aromatic rings. The van der Waals surface area contributed by atoms with E-state index < -0.39 is 0 Å². The molecule has 7 nitrogen and oxygen atoms in total. The van der Waals surface area contributed by atoms with Crippen LogP contribution in [0, 0.1) is 0 Å². The Morgan fingerprint density at radius 3 is 1.08 bits per heavy atom. The molecule has 0 bridgehead atoms. The van der Waals surface area contributed by atoms with Gasteiger partial charge in [0.05, 0.1) is 11.4 Å². The summed E-state index contributed by atoms with van der Waals surface area (Å²) in [6.45, 7) is 0. The van der Waals surface area contributed by atoms with Crippen LogP contribution in [0.4, 0.5) is 17.1 Å². The number of aromatic nitrogens is 6. The Labute approximate surface area is 282 Å². The zero-order valence-corrected chi connectivity index (χ0v) is 26.4. The van der Waals surface area contributed by atoms with Gasteiger partial charge in [0.15, 0.2) is 0 Å². The Kier molecular flexibility index (Phi) is 6.98. The van der Waals surface area contributed by atoms with Gasteiger partial charge in [-0.25, -0.2) is 0 Å². The third-order valence-electron chi connectivity index (χ3n) is 8.67. The van der Waals surface area contributed by atoms with Crippen LogP contribution >= 0.6 is 0 Å². The summed E-state index contributed by atoms with van der Waals surface area (Å²) in [5, 5.41) is 18.8. The molecule has 0 saturated carbocycles. The highest BCUT2D eigenvalue weighted by Crippen LogP contribution is 2.37. The molecule has 0 atom stereocenters. The molecule has 0 unspecified atom stereocenters. The zero-order chi connectivity index (χ0) is 32.6. The van der Waals surface area contributed by atoms with Crippen LogP contribution in [0.5, 0.6) is 0 Å². The molecule has 0 radical (unpaired) electrons. The quantitative estimate of drug-likeness (QED) is 0.175. The highest BCUT2D eigenvalue weighted by molar-refractivity contribution is 5.85. The minimum absolute atomic E-state index is 0.858. The van der Waals surface area contributed by atoms with E-state index in [1.165, 1.54) is 0 Å². The van der Waals surface area contributed by atoms with Crippen molar-refractivity contribution < 1.29 is 0 Å². The van der Waals surface area contributed by atoms with E-state index in [4.69, 9.17) is 10.2 Å². The van der Waals surface area contributed by atoms with E-state index in [2.05, 4.69) is 112 Å². The third kappa shape index (κ3) is 5.49. The van der Waals surface area contributed by atoms with Crippen molar-refractivity contribution in [1.82, 2.24) is 30.0 Å². The van der Waals surface area contributed by atoms with Gasteiger partial charge in [0.2, 0.25) is 0 Å². The highest BCUT2D eigenvalue weighted by Gasteiger charge is 2.14. The van der Waals surface area contributed by atoms with Gasteiger partial charge in [-0.2, -0.15) is 9.59 Å². The van der Waals surface area contributed by atoms with Crippen LogP contribution in [0.25, 0.3) is 55.7 Å². The number of anilines is 3. The Morgan fingerprint density at radius 1 is 0.306 bits per heavy atom. The summed E-state index contributed by atoms with van der Waals surface area (Å²) in [7, 11) is 0. The fourth-order valence-corrected chi connectivity index (χ4v) is 6.17. The second kappa shape index (κ2) is 12.1. The van der Waals surface area contributed by atoms with Gasteiger partial charge in [-0.15, -0.1) is 20.4 Å². The van der Waals surface area contributed by atoms with Crippen molar-refractivity contribution >= 4 is 39.1 Å². The highest BCUT2D eigenvalue weighted by atomic mass is 15.5. The summed E-state index contributed by atoms with van der Waals surface area (Å²) in [4.78, 5) is 5.65. The largest absolute Gasteiger partial charge is 0.311 e. The first kappa shape index (κ1) is 28.4. The van der Waals surface area contributed by atoms with Crippen LogP contribution in [-0.2, 0) is 0 Å². The van der Waals surface area contributed by atoms with Gasteiger partial charge in [0.25, 0.3) is 0 Å². The minimum Gasteiger partial charge on any atom is -0.311 e. The lowest BCUT2D eigenvalue weighted by atomic mass is 10.0. The molecule has 0 spiro atoms. The number of benzene rings is 7. The number of fused-ring (bicyclic) bond motifs is 2. The molecule has 0 aliphatic rings. The maximum atomic E-state index is 4.74. The summed E-state index contributed by atoms with van der Waals surface area (Å²) in [6.07, 6.45) is 0. The molecule has 0 amide bonds. The molecule has 9 rings (SSSR count). The maximum absolute atomic E-state index is 4.74. The standard InChI is InChI=1S/C42H29N7/c1-4-10-34(11-5-1)47(35-22-16-30(17-23-35)32-20-26-39-41(28-32)45-48(43-39)37-12-6-2-7-13-37)36-24-18-31(19-25-36)33-21-27-40-42(29-33)46-49(44-40)38-14-8-3-9-15-38/h1-29H. The number of hydrogen-bond donors (Lipinski definition) is 0. The Balaban J connectivity index is 1.01. The van der Waals surface area contributed by atoms with Gasteiger partial charge in [-0.3, -0.25) is 0 Å². The predicted molar refractivity (Wildman–Crippen MR) is 197 cm³/mol. The van der Waals surface area contributed by atoms with Crippen LogP contribution in [-0.4, -0.2) is 30.0 Å². The first-order valence-corrected chi connectivity index (χ1v) is 16.2. The van der Waals surface area contributed by atoms with Crippen molar-refractivity contribution in [3.05, 3.63) is 176 Å². The molecule has 49 heavy (non-hydrogen) atoms. The molecule has 0 aliphatic heterocycles. The van der Waals surface area contributed by atoms with Crippen LogP contribution in [0.1, 0.15) is 0 Å². The molecule has 232 valence electrons. The number of hydrogen-bond acceptors (Lipinski definition) is 5. The first-order chi connectivity index (χ1) is 24.2. The molecule has 0 fully saturated rings. The zero-order valence-electron chi connectivity index (χ0n) is 26.4. The number of rotatable bonds is 7. The molecule has 0 N–H and O–H groups in total. The lowest BCUT2D eigenvalue weighted by Gasteiger charge is -2.26. The van der Waals surface area contributed by atoms with E-state index in [1.807, 2.05) is 78.9 Å². The average Bonchev–Trinajstić information content (AvgIpc) is 3.81. The Hall–Kier alpha value is -6.86. The summed E-state index contributed by atoms with van der Waals surface area (Å²) in [5.74, 6) is 0. The van der Waals surface area contributed by atoms with Crippen molar-refractivity contribution in [2.24, 2.45) is 0 Å². The molecule has 0 aliphatic carbocycles. The van der Waals surface area contributed by atoms with E-state index in [1.54, 1.807) is 9.59 Å². The van der Waals surface area contributed by atoms with E-state index in [9.17, 15) is 0 Å². The summed E-state index contributed by atoms with van der Waals surface area (Å²) < 4.78 is 0. The van der Waals surface area contributed by atoms with Crippen LogP contribution < -0.4 is 4.90 Å². The van der Waals surface area contributed by atoms with Crippen LogP contribution in [0.15, 0.2) is 176 Å². The normalized spacial score (nSPS) is 11.3. The average molecular weight is 632 g/mol. The van der Waals surface area contributed by atoms with E-state index in [-0.39, 0.29) is 0 Å². The smallest absolute Gasteiger partial charge is 0.114 e. The molecular weight excluding hydrogens is 603 g/mol. The van der Waals surface area contributed by atoms with Gasteiger partial charge < -0.3 is 4.90 Å². The van der Waals surface area contributed by atoms with Crippen LogP contribution in [0.3, 0.4) is 0 Å². The van der Waals surface area contributed by atoms with Gasteiger partial charge in [-0.05, 0) is 107 Å². The van der Waals surface area contributed by atoms with E-state index in [0.29, 0.717) is 0 Å². The molecular formula is C42H29N7. The van der Waals surface area contributed by atoms with Gasteiger partial charge >= 0.3 is 0 Å². The van der Waals surface area contributed by atoms with Crippen molar-refractivity contribution in [2.75, 3.05) is 4.90 Å². The molecule has 0 saturated heterocycles. The Morgan fingerprint density at radius 2 is 0.653 bits per heavy atom. The second-order valence-electron chi connectivity index (χ2n) is 11.8. The summed E-state index contributed by atoms with van der Waals surface area (Å²) >= 11 is 0. The monoisotopic (exact) mass is 631 g/mol. The number of para-hydroxylation sites is 3. The van der Waals surface area contributed by atoms with Crippen molar-refractivity contribution in [3.8, 4) is 33.6 Å². The topological polar surface area (TPSA) is 64.7 Å². The molecule has 7 heteroatoms. The minimum atomic E-state index is 0.858. The molecule has 2 aromatic heterocycles. The molecule has 2 heterocycles. The fraction of sp³-hybridized carbons (Fsp3) is 0. The summed E-state index contributed by atoms with van der Waals surface area (Å²) in [6, 6.07) is 60.3. The third-order valence-corrected chi connectivity index (χ3v) is 8.67. The second-order valence-corrected chi connectivity index (χ2v) is 11.8. The first-order valence-electron chi connectivity index (χ1n) is 16.2. The van der Waals surface area contributed by atoms with Gasteiger partial charge in [-0.1, -0.05) is 91.0 Å². The maximum Gasteiger partial charge on any atom is 0.114 e. The van der Waals surface area contributed by atoms with Crippen molar-refractivity contribution in [3.63, 3.8) is 0 Å². The van der Waals surface area contributed by atoms with E-state index in [0.717, 1.165) is 72.8 Å². The van der Waals surface area contributed by atoms with Crippen molar-refractivity contribution in [1.29, 1.82) is 0 Å². The lowest BCUT2D eigenvalue weighted by molar-refractivity contribution is 0.766. The Bertz CT molecular complexity index is 2360. The predicted octanol–water partition coefficient (Wildman–Crippen LogP) is 9.96. The lowest BCUT2D eigenvalue weighted by Crippen LogP contribution is -2.09. The fourth-order valence-electron chi connectivity index (χ4n) is 6.17. The SMILES string of the molecule is c1ccc(N(c2ccc(-c3ccc4nn(-c5ccccc5)nc4c3)cc2)c2ccc(-c3ccc4nn(-c5ccccc5)nc4c3)cc2)cc1.